The number of phenolic OH excluding ortho intramolecular Hbond substituents is 1. The molecule has 0 fully saturated rings. The van der Waals surface area contributed by atoms with Crippen molar-refractivity contribution in [2.24, 2.45) is 4.99 Å². The molecule has 3 heteroatoms. The molecule has 0 radical (unpaired) electrons. The van der Waals surface area contributed by atoms with Crippen molar-refractivity contribution in [3.05, 3.63) is 23.3 Å². The van der Waals surface area contributed by atoms with E-state index in [1.807, 2.05) is 6.07 Å². The number of nitrogens with zero attached hydrogens (tertiary/aromatic N) is 1. The molecule has 0 saturated carbocycles. The van der Waals surface area contributed by atoms with Crippen molar-refractivity contribution in [2.75, 3.05) is 12.3 Å². The summed E-state index contributed by atoms with van der Waals surface area (Å²) in [6, 6.07) is 3.80. The number of aromatic hydroxyl groups is 1. The predicted octanol–water partition coefficient (Wildman–Crippen LogP) is 2.52. The smallest absolute Gasteiger partial charge is 0.142 e. The number of hydrogen-bond donors (Lipinski definition) is 2. The van der Waals surface area contributed by atoms with Crippen LogP contribution in [0.1, 0.15) is 31.9 Å². The normalized spacial score (nSPS) is 11.4. The van der Waals surface area contributed by atoms with Crippen molar-refractivity contribution in [3.63, 3.8) is 0 Å². The fourth-order valence-electron chi connectivity index (χ4n) is 1.64. The van der Waals surface area contributed by atoms with Crippen LogP contribution in [0.25, 0.3) is 0 Å². The summed E-state index contributed by atoms with van der Waals surface area (Å²) in [5, 5.41) is 9.92. The molecule has 1 aromatic rings. The Morgan fingerprint density at radius 1 is 1.38 bits per heavy atom. The van der Waals surface area contributed by atoms with Gasteiger partial charge in [-0.1, -0.05) is 26.8 Å². The van der Waals surface area contributed by atoms with Gasteiger partial charge in [0.25, 0.3) is 0 Å². The third kappa shape index (κ3) is 2.75. The molecular weight excluding hydrogens is 200 g/mol. The molecule has 0 unspecified atom stereocenters. The van der Waals surface area contributed by atoms with Crippen LogP contribution in [0.5, 0.6) is 5.75 Å². The molecule has 3 nitrogen and oxygen atoms in total. The minimum atomic E-state index is -0.115. The minimum Gasteiger partial charge on any atom is -0.505 e. The summed E-state index contributed by atoms with van der Waals surface area (Å²) >= 11 is 0. The monoisotopic (exact) mass is 220 g/mol. The molecule has 0 spiro atoms. The van der Waals surface area contributed by atoms with Gasteiger partial charge in [-0.2, -0.15) is 0 Å². The molecule has 1 aromatic carbocycles. The van der Waals surface area contributed by atoms with Gasteiger partial charge >= 0.3 is 0 Å². The van der Waals surface area contributed by atoms with E-state index in [9.17, 15) is 5.11 Å². The van der Waals surface area contributed by atoms with Crippen molar-refractivity contribution in [1.82, 2.24) is 0 Å². The molecule has 0 aromatic heterocycles. The number of nitrogens with two attached hydrogens (primary N) is 1. The maximum absolute atomic E-state index is 9.92. The SMILES string of the molecule is C=NCCc1cc(N)c(O)c(C(C)(C)C)c1. The topological polar surface area (TPSA) is 58.6 Å². The minimum absolute atomic E-state index is 0.115. The van der Waals surface area contributed by atoms with Crippen LogP contribution in [0.15, 0.2) is 17.1 Å². The zero-order valence-corrected chi connectivity index (χ0v) is 10.2. The highest BCUT2D eigenvalue weighted by Gasteiger charge is 2.20. The summed E-state index contributed by atoms with van der Waals surface area (Å²) in [5.41, 5.74) is 8.09. The average Bonchev–Trinajstić information content (AvgIpc) is 2.17. The second kappa shape index (κ2) is 4.56. The molecule has 0 atom stereocenters. The molecule has 0 saturated heterocycles. The van der Waals surface area contributed by atoms with Gasteiger partial charge in [0.15, 0.2) is 0 Å². The van der Waals surface area contributed by atoms with E-state index < -0.39 is 0 Å². The van der Waals surface area contributed by atoms with Gasteiger partial charge in [0, 0.05) is 12.1 Å². The molecule has 0 heterocycles. The summed E-state index contributed by atoms with van der Waals surface area (Å²) < 4.78 is 0. The fourth-order valence-corrected chi connectivity index (χ4v) is 1.64. The van der Waals surface area contributed by atoms with Crippen LogP contribution in [-0.2, 0) is 11.8 Å². The Kier molecular flexibility index (Phi) is 3.58. The third-order valence-corrected chi connectivity index (χ3v) is 2.57. The highest BCUT2D eigenvalue weighted by atomic mass is 16.3. The Morgan fingerprint density at radius 2 is 2.00 bits per heavy atom. The molecule has 0 aliphatic rings. The van der Waals surface area contributed by atoms with E-state index in [0.29, 0.717) is 12.2 Å². The molecule has 1 rings (SSSR count). The van der Waals surface area contributed by atoms with E-state index in [4.69, 9.17) is 5.73 Å². The number of benzene rings is 1. The van der Waals surface area contributed by atoms with Gasteiger partial charge in [-0.15, -0.1) is 0 Å². The van der Waals surface area contributed by atoms with Crippen LogP contribution in [0.3, 0.4) is 0 Å². The molecule has 88 valence electrons. The summed E-state index contributed by atoms with van der Waals surface area (Å²) in [6.45, 7) is 10.3. The molecule has 16 heavy (non-hydrogen) atoms. The number of anilines is 1. The molecule has 3 N–H and O–H groups in total. The van der Waals surface area contributed by atoms with Crippen LogP contribution >= 0.6 is 0 Å². The predicted molar refractivity (Wildman–Crippen MR) is 69.3 cm³/mol. The standard InChI is InChI=1S/C13H20N2O/c1-13(2,3)10-7-9(5-6-15-4)8-11(14)12(10)16/h7-8,16H,4-6,14H2,1-3H3. The van der Waals surface area contributed by atoms with Crippen LogP contribution in [-0.4, -0.2) is 18.4 Å². The lowest BCUT2D eigenvalue weighted by Crippen LogP contribution is -2.13. The second-order valence-corrected chi connectivity index (χ2v) is 5.03. The first-order valence-corrected chi connectivity index (χ1v) is 5.40. The first-order valence-electron chi connectivity index (χ1n) is 5.40. The van der Waals surface area contributed by atoms with Gasteiger partial charge in [0.05, 0.1) is 5.69 Å². The summed E-state index contributed by atoms with van der Waals surface area (Å²) in [7, 11) is 0. The number of phenols is 1. The van der Waals surface area contributed by atoms with E-state index in [0.717, 1.165) is 17.5 Å². The zero-order chi connectivity index (χ0) is 12.3. The number of hydrogen-bond acceptors (Lipinski definition) is 3. The Bertz CT molecular complexity index is 392. The second-order valence-electron chi connectivity index (χ2n) is 5.03. The van der Waals surface area contributed by atoms with Crippen molar-refractivity contribution in [1.29, 1.82) is 0 Å². The van der Waals surface area contributed by atoms with Gasteiger partial charge in [0.1, 0.15) is 5.75 Å². The summed E-state index contributed by atoms with van der Waals surface area (Å²) in [6.07, 6.45) is 0.803. The van der Waals surface area contributed by atoms with Crippen LogP contribution in [0.4, 0.5) is 5.69 Å². The van der Waals surface area contributed by atoms with E-state index >= 15 is 0 Å². The Morgan fingerprint density at radius 3 is 2.50 bits per heavy atom. The van der Waals surface area contributed by atoms with Crippen LogP contribution < -0.4 is 5.73 Å². The Hall–Kier alpha value is -1.51. The molecular formula is C13H20N2O. The van der Waals surface area contributed by atoms with E-state index in [1.54, 1.807) is 6.07 Å². The first kappa shape index (κ1) is 12.6. The quantitative estimate of drug-likeness (QED) is 0.467. The van der Waals surface area contributed by atoms with Crippen molar-refractivity contribution in [2.45, 2.75) is 32.6 Å². The largest absolute Gasteiger partial charge is 0.505 e. The van der Waals surface area contributed by atoms with Gasteiger partial charge in [-0.05, 0) is 30.2 Å². The molecule has 0 aliphatic carbocycles. The summed E-state index contributed by atoms with van der Waals surface area (Å²) in [5.74, 6) is 0.197. The van der Waals surface area contributed by atoms with Crippen molar-refractivity contribution >= 4 is 12.4 Å². The highest BCUT2D eigenvalue weighted by molar-refractivity contribution is 5.59. The highest BCUT2D eigenvalue weighted by Crippen LogP contribution is 2.35. The first-order chi connectivity index (χ1) is 7.36. The molecule has 0 bridgehead atoms. The van der Waals surface area contributed by atoms with E-state index in [2.05, 4.69) is 32.5 Å². The van der Waals surface area contributed by atoms with Gasteiger partial charge in [-0.25, -0.2) is 0 Å². The lowest BCUT2D eigenvalue weighted by atomic mass is 9.84. The summed E-state index contributed by atoms with van der Waals surface area (Å²) in [4.78, 5) is 3.82. The molecule has 0 amide bonds. The van der Waals surface area contributed by atoms with Crippen LogP contribution in [0.2, 0.25) is 0 Å². The Labute approximate surface area is 97.0 Å². The lowest BCUT2D eigenvalue weighted by Gasteiger charge is -2.22. The van der Waals surface area contributed by atoms with Gasteiger partial charge in [0.2, 0.25) is 0 Å². The van der Waals surface area contributed by atoms with Crippen molar-refractivity contribution in [3.8, 4) is 5.75 Å². The van der Waals surface area contributed by atoms with E-state index in [-0.39, 0.29) is 11.2 Å². The van der Waals surface area contributed by atoms with Gasteiger partial charge < -0.3 is 15.8 Å². The number of rotatable bonds is 3. The fraction of sp³-hybridized carbons (Fsp3) is 0.462. The third-order valence-electron chi connectivity index (χ3n) is 2.57. The van der Waals surface area contributed by atoms with Crippen molar-refractivity contribution < 1.29 is 5.11 Å². The van der Waals surface area contributed by atoms with Crippen LogP contribution in [0, 0.1) is 0 Å². The maximum atomic E-state index is 9.92. The van der Waals surface area contributed by atoms with E-state index in [1.165, 1.54) is 0 Å². The lowest BCUT2D eigenvalue weighted by molar-refractivity contribution is 0.449. The Balaban J connectivity index is 3.17. The van der Waals surface area contributed by atoms with Gasteiger partial charge in [-0.3, -0.25) is 0 Å². The number of aliphatic imine (C=N–C) groups is 1. The number of nitrogen functional groups attached to an aromatic ring is 1. The average molecular weight is 220 g/mol. The zero-order valence-electron chi connectivity index (χ0n) is 10.2. The molecule has 0 aliphatic heterocycles. The maximum Gasteiger partial charge on any atom is 0.142 e.